The van der Waals surface area contributed by atoms with E-state index in [1.165, 1.54) is 12.1 Å². The van der Waals surface area contributed by atoms with Crippen LogP contribution in [-0.4, -0.2) is 19.0 Å². The van der Waals surface area contributed by atoms with Crippen LogP contribution in [0.2, 0.25) is 0 Å². The largest absolute Gasteiger partial charge is 0.400 e. The summed E-state index contributed by atoms with van der Waals surface area (Å²) in [6.45, 7) is 8.13. The molecule has 0 fully saturated rings. The molecule has 0 heterocycles. The summed E-state index contributed by atoms with van der Waals surface area (Å²) in [6, 6.07) is 4.10. The summed E-state index contributed by atoms with van der Waals surface area (Å²) in [6.07, 6.45) is 0. The van der Waals surface area contributed by atoms with Gasteiger partial charge < -0.3 is 9.90 Å². The quantitative estimate of drug-likeness (QED) is 0.870. The van der Waals surface area contributed by atoms with Gasteiger partial charge in [-0.3, -0.25) is 0 Å². The molecule has 0 aliphatic heterocycles. The van der Waals surface area contributed by atoms with Crippen LogP contribution in [-0.2, 0) is 4.79 Å². The highest BCUT2D eigenvalue weighted by molar-refractivity contribution is 5.21. The van der Waals surface area contributed by atoms with Crippen LogP contribution in [0.15, 0.2) is 18.2 Å². The monoisotopic (exact) mass is 246 g/mol. The van der Waals surface area contributed by atoms with Crippen molar-refractivity contribution in [3.05, 3.63) is 35.4 Å². The summed E-state index contributed by atoms with van der Waals surface area (Å²) >= 11 is 0. The Bertz CT molecular complexity index is 314. The van der Waals surface area contributed by atoms with E-state index in [1.807, 2.05) is 13.7 Å². The summed E-state index contributed by atoms with van der Waals surface area (Å²) in [5, 5.41) is 7.00. The summed E-state index contributed by atoms with van der Waals surface area (Å²) in [7, 11) is 1.00. The van der Waals surface area contributed by atoms with Crippen LogP contribution in [0.5, 0.6) is 0 Å². The Balaban J connectivity index is 0. The number of hydrogen-bond donors (Lipinski definition) is 1. The van der Waals surface area contributed by atoms with Gasteiger partial charge in [-0.15, -0.1) is 0 Å². The molecule has 0 aliphatic carbocycles. The molecule has 17 heavy (non-hydrogen) atoms. The van der Waals surface area contributed by atoms with Crippen molar-refractivity contribution in [3.63, 3.8) is 0 Å². The molecule has 1 aromatic rings. The Morgan fingerprint density at radius 2 is 1.53 bits per heavy atom. The van der Waals surface area contributed by atoms with E-state index in [0.29, 0.717) is 5.92 Å². The lowest BCUT2D eigenvalue weighted by Gasteiger charge is -2.15. The molecule has 0 saturated heterocycles. The number of aliphatic hydroxyl groups excluding tert-OH is 1. The predicted octanol–water partition coefficient (Wildman–Crippen LogP) is 3.15. The molecule has 0 aliphatic rings. The van der Waals surface area contributed by atoms with E-state index in [-0.39, 0.29) is 5.92 Å². The van der Waals surface area contributed by atoms with Crippen LogP contribution >= 0.6 is 0 Å². The summed E-state index contributed by atoms with van der Waals surface area (Å²) in [4.78, 5) is 8.00. The standard InChI is InChI=1S/C11H14F2.CH4O.CH2O/c1-7(2)8(3)9-4-5-10(12)11(13)6-9;2*1-2/h4-8H,1-3H3;2H,1H3;1H2. The fraction of sp³-hybridized carbons (Fsp3) is 0.462. The maximum atomic E-state index is 12.8. The topological polar surface area (TPSA) is 37.3 Å². The average Bonchev–Trinajstić information content (AvgIpc) is 2.36. The van der Waals surface area contributed by atoms with Gasteiger partial charge in [0.15, 0.2) is 11.6 Å². The zero-order chi connectivity index (χ0) is 14.0. The van der Waals surface area contributed by atoms with Gasteiger partial charge in [-0.05, 0) is 29.5 Å². The minimum absolute atomic E-state index is 0.259. The number of carbonyl (C=O) groups excluding carboxylic acids is 1. The third-order valence-corrected chi connectivity index (χ3v) is 2.47. The molecule has 2 nitrogen and oxygen atoms in total. The molecule has 0 radical (unpaired) electrons. The van der Waals surface area contributed by atoms with Crippen LogP contribution in [0.3, 0.4) is 0 Å². The van der Waals surface area contributed by atoms with Gasteiger partial charge in [0, 0.05) is 7.11 Å². The second kappa shape index (κ2) is 9.90. The van der Waals surface area contributed by atoms with Gasteiger partial charge in [0.2, 0.25) is 0 Å². The van der Waals surface area contributed by atoms with Gasteiger partial charge in [-0.2, -0.15) is 0 Å². The lowest BCUT2D eigenvalue weighted by molar-refractivity contribution is -0.0979. The van der Waals surface area contributed by atoms with E-state index in [9.17, 15) is 8.78 Å². The first-order chi connectivity index (χ1) is 8.02. The second-order valence-electron chi connectivity index (χ2n) is 3.71. The van der Waals surface area contributed by atoms with Crippen molar-refractivity contribution < 1.29 is 18.7 Å². The molecule has 1 aromatic carbocycles. The third-order valence-electron chi connectivity index (χ3n) is 2.47. The van der Waals surface area contributed by atoms with E-state index in [0.717, 1.165) is 12.7 Å². The summed E-state index contributed by atoms with van der Waals surface area (Å²) < 4.78 is 25.4. The Hall–Kier alpha value is -1.29. The van der Waals surface area contributed by atoms with Crippen molar-refractivity contribution in [2.45, 2.75) is 26.7 Å². The highest BCUT2D eigenvalue weighted by Crippen LogP contribution is 2.24. The van der Waals surface area contributed by atoms with E-state index < -0.39 is 11.6 Å². The highest BCUT2D eigenvalue weighted by Gasteiger charge is 2.11. The Morgan fingerprint density at radius 1 is 1.06 bits per heavy atom. The molecule has 4 heteroatoms. The fourth-order valence-electron chi connectivity index (χ4n) is 1.18. The number of rotatable bonds is 2. The van der Waals surface area contributed by atoms with Crippen molar-refractivity contribution in [1.29, 1.82) is 0 Å². The van der Waals surface area contributed by atoms with E-state index in [1.54, 1.807) is 6.07 Å². The molecular formula is C13H20F2O2. The number of hydrogen-bond acceptors (Lipinski definition) is 2. The molecule has 1 rings (SSSR count). The number of halogens is 2. The average molecular weight is 246 g/mol. The minimum Gasteiger partial charge on any atom is -0.400 e. The SMILES string of the molecule is C=O.CC(C)C(C)c1ccc(F)c(F)c1.CO. The Labute approximate surface area is 101 Å². The van der Waals surface area contributed by atoms with E-state index in [4.69, 9.17) is 9.90 Å². The van der Waals surface area contributed by atoms with Crippen molar-refractivity contribution >= 4 is 6.79 Å². The molecule has 0 bridgehead atoms. The molecule has 98 valence electrons. The summed E-state index contributed by atoms with van der Waals surface area (Å²) in [5.41, 5.74) is 0.855. The zero-order valence-corrected chi connectivity index (χ0v) is 10.7. The van der Waals surface area contributed by atoms with E-state index in [2.05, 4.69) is 13.8 Å². The van der Waals surface area contributed by atoms with Crippen molar-refractivity contribution in [3.8, 4) is 0 Å². The van der Waals surface area contributed by atoms with Crippen LogP contribution in [0.25, 0.3) is 0 Å². The third kappa shape index (κ3) is 6.12. The number of benzene rings is 1. The first-order valence-electron chi connectivity index (χ1n) is 5.21. The highest BCUT2D eigenvalue weighted by atomic mass is 19.2. The van der Waals surface area contributed by atoms with E-state index >= 15 is 0 Å². The normalized spacial score (nSPS) is 10.8. The van der Waals surface area contributed by atoms with Gasteiger partial charge in [0.25, 0.3) is 0 Å². The lowest BCUT2D eigenvalue weighted by Crippen LogP contribution is -2.02. The first kappa shape index (κ1) is 18.1. The van der Waals surface area contributed by atoms with Gasteiger partial charge in [-0.1, -0.05) is 26.8 Å². The second-order valence-corrected chi connectivity index (χ2v) is 3.71. The van der Waals surface area contributed by atoms with Crippen molar-refractivity contribution in [1.82, 2.24) is 0 Å². The van der Waals surface area contributed by atoms with Gasteiger partial charge in [-0.25, -0.2) is 8.78 Å². The van der Waals surface area contributed by atoms with Crippen molar-refractivity contribution in [2.75, 3.05) is 7.11 Å². The maximum Gasteiger partial charge on any atom is 0.159 e. The number of aliphatic hydroxyl groups is 1. The maximum absolute atomic E-state index is 12.8. The van der Waals surface area contributed by atoms with Gasteiger partial charge in [0.1, 0.15) is 6.79 Å². The zero-order valence-electron chi connectivity index (χ0n) is 10.7. The molecule has 1 unspecified atom stereocenters. The first-order valence-corrected chi connectivity index (χ1v) is 5.21. The molecule has 1 atom stereocenters. The fourth-order valence-corrected chi connectivity index (χ4v) is 1.18. The molecule has 1 N–H and O–H groups in total. The van der Waals surface area contributed by atoms with Crippen LogP contribution < -0.4 is 0 Å². The smallest absolute Gasteiger partial charge is 0.159 e. The predicted molar refractivity (Wildman–Crippen MR) is 64.9 cm³/mol. The molecule has 0 spiro atoms. The van der Waals surface area contributed by atoms with Crippen LogP contribution in [0.1, 0.15) is 32.3 Å². The van der Waals surface area contributed by atoms with Crippen LogP contribution in [0.4, 0.5) is 8.78 Å². The summed E-state index contributed by atoms with van der Waals surface area (Å²) in [5.74, 6) is -0.843. The number of carbonyl (C=O) groups is 1. The van der Waals surface area contributed by atoms with Gasteiger partial charge in [0.05, 0.1) is 0 Å². The molecule has 0 aromatic heterocycles. The molecule has 0 amide bonds. The minimum atomic E-state index is -0.778. The Morgan fingerprint density at radius 3 is 1.88 bits per heavy atom. The Kier molecular flexibility index (Phi) is 10.5. The van der Waals surface area contributed by atoms with Crippen molar-refractivity contribution in [2.24, 2.45) is 5.92 Å². The van der Waals surface area contributed by atoms with Gasteiger partial charge >= 0.3 is 0 Å². The van der Waals surface area contributed by atoms with Crippen LogP contribution in [0, 0.1) is 17.6 Å². The molecular weight excluding hydrogens is 226 g/mol. The molecule has 0 saturated carbocycles. The lowest BCUT2D eigenvalue weighted by atomic mass is 9.90.